The average molecular weight is 650 g/mol. The number of aliphatic carboxylic acids is 1. The Kier molecular flexibility index (Phi) is 13.0. The summed E-state index contributed by atoms with van der Waals surface area (Å²) in [6, 6.07) is -5.50. The van der Waals surface area contributed by atoms with Crippen LogP contribution in [0.25, 0.3) is 0 Å². The number of nitrogens with two attached hydrogens (primary N) is 2. The minimum absolute atomic E-state index is 0.281. The molecule has 0 spiro atoms. The van der Waals surface area contributed by atoms with E-state index in [9.17, 15) is 34.5 Å². The number of carboxylic acids is 1. The van der Waals surface area contributed by atoms with E-state index in [0.29, 0.717) is 6.42 Å². The normalized spacial score (nSPS) is 42.0. The summed E-state index contributed by atoms with van der Waals surface area (Å²) in [6.45, 7) is 8.99. The zero-order valence-corrected chi connectivity index (χ0v) is 26.2. The molecule has 3 amide bonds. The average Bonchev–Trinajstić information content (AvgIpc) is 2.94. The van der Waals surface area contributed by atoms with E-state index in [1.54, 1.807) is 13.8 Å². The maximum absolute atomic E-state index is 12.5. The summed E-state index contributed by atoms with van der Waals surface area (Å²) in [4.78, 5) is 48.8. The smallest absolute Gasteiger partial charge is 0.335 e. The van der Waals surface area contributed by atoms with E-state index in [2.05, 4.69) is 16.0 Å². The topological polar surface area (TPSA) is 272 Å². The van der Waals surface area contributed by atoms with Gasteiger partial charge in [-0.2, -0.15) is 0 Å². The number of nitrogens with one attached hydrogen (secondary N) is 3. The first-order valence-electron chi connectivity index (χ1n) is 14.9. The Morgan fingerprint density at radius 3 is 1.71 bits per heavy atom. The molecule has 0 bridgehead atoms. The molecule has 258 valence electrons. The lowest BCUT2D eigenvalue weighted by molar-refractivity contribution is -0.331. The van der Waals surface area contributed by atoms with Gasteiger partial charge in [0.15, 0.2) is 25.0 Å². The maximum Gasteiger partial charge on any atom is 0.335 e. The van der Waals surface area contributed by atoms with Gasteiger partial charge >= 0.3 is 5.97 Å². The van der Waals surface area contributed by atoms with Crippen molar-refractivity contribution in [3.05, 3.63) is 0 Å². The van der Waals surface area contributed by atoms with Gasteiger partial charge in [0, 0.05) is 27.4 Å². The summed E-state index contributed by atoms with van der Waals surface area (Å²) in [5, 5.41) is 40.1. The van der Waals surface area contributed by atoms with Crippen molar-refractivity contribution in [1.82, 2.24) is 16.0 Å². The quantitative estimate of drug-likeness (QED) is 0.107. The molecule has 0 aromatic heterocycles. The van der Waals surface area contributed by atoms with Gasteiger partial charge in [-0.05, 0) is 20.3 Å². The van der Waals surface area contributed by atoms with Gasteiger partial charge in [0.2, 0.25) is 17.7 Å². The second-order valence-corrected chi connectivity index (χ2v) is 11.6. The molecular formula is C27H47N5O13. The molecule has 3 saturated heterocycles. The van der Waals surface area contributed by atoms with E-state index < -0.39 is 115 Å². The number of carboxylic acid groups (broad SMARTS) is 1. The van der Waals surface area contributed by atoms with Gasteiger partial charge in [-0.1, -0.05) is 6.92 Å². The van der Waals surface area contributed by atoms with Crippen LogP contribution in [-0.2, 0) is 47.6 Å². The van der Waals surface area contributed by atoms with Crippen LogP contribution in [0, 0.1) is 0 Å². The Labute approximate surface area is 260 Å². The minimum Gasteiger partial charge on any atom is -0.479 e. The van der Waals surface area contributed by atoms with Crippen molar-refractivity contribution < 1.29 is 62.9 Å². The van der Waals surface area contributed by atoms with Gasteiger partial charge in [0.25, 0.3) is 0 Å². The number of hydrogen-bond donors (Lipinski definition) is 8. The molecule has 15 atom stereocenters. The van der Waals surface area contributed by atoms with E-state index in [1.165, 1.54) is 13.8 Å². The molecule has 0 aliphatic carbocycles. The van der Waals surface area contributed by atoms with Crippen molar-refractivity contribution in [1.29, 1.82) is 0 Å². The Morgan fingerprint density at radius 1 is 0.711 bits per heavy atom. The Balaban J connectivity index is 1.96. The third-order valence-electron chi connectivity index (χ3n) is 7.86. The van der Waals surface area contributed by atoms with Gasteiger partial charge in [-0.15, -0.1) is 0 Å². The highest BCUT2D eigenvalue weighted by atomic mass is 16.7. The second kappa shape index (κ2) is 15.9. The Bertz CT molecular complexity index is 1050. The molecule has 45 heavy (non-hydrogen) atoms. The van der Waals surface area contributed by atoms with Gasteiger partial charge < -0.3 is 71.2 Å². The van der Waals surface area contributed by atoms with Gasteiger partial charge in [0.1, 0.15) is 36.4 Å². The molecule has 3 heterocycles. The number of carbonyl (C=O) groups is 4. The summed E-state index contributed by atoms with van der Waals surface area (Å²) in [5.74, 6) is -3.22. The van der Waals surface area contributed by atoms with Crippen molar-refractivity contribution in [3.8, 4) is 0 Å². The fourth-order valence-corrected chi connectivity index (χ4v) is 5.57. The highest BCUT2D eigenvalue weighted by Crippen LogP contribution is 2.32. The van der Waals surface area contributed by atoms with Crippen LogP contribution < -0.4 is 27.4 Å². The highest BCUT2D eigenvalue weighted by molar-refractivity contribution is 5.75. The van der Waals surface area contributed by atoms with E-state index in [-0.39, 0.29) is 6.61 Å². The Morgan fingerprint density at radius 2 is 1.18 bits per heavy atom. The fourth-order valence-electron chi connectivity index (χ4n) is 5.57. The molecular weight excluding hydrogens is 602 g/mol. The molecule has 10 N–H and O–H groups in total. The molecule has 0 aromatic carbocycles. The first kappa shape index (κ1) is 36.9. The molecule has 18 heteroatoms. The van der Waals surface area contributed by atoms with Crippen molar-refractivity contribution in [2.24, 2.45) is 11.5 Å². The summed E-state index contributed by atoms with van der Waals surface area (Å²) in [5.41, 5.74) is 12.4. The number of amides is 3. The third kappa shape index (κ3) is 8.85. The molecule has 0 radical (unpaired) electrons. The molecule has 3 aliphatic rings. The summed E-state index contributed by atoms with van der Waals surface area (Å²) < 4.78 is 35.4. The lowest BCUT2D eigenvalue weighted by Crippen LogP contribution is -2.72. The third-order valence-corrected chi connectivity index (χ3v) is 7.86. The zero-order chi connectivity index (χ0) is 33.7. The summed E-state index contributed by atoms with van der Waals surface area (Å²) in [6.07, 6.45) is -12.8. The van der Waals surface area contributed by atoms with Crippen molar-refractivity contribution in [2.45, 2.75) is 140 Å². The van der Waals surface area contributed by atoms with E-state index in [4.69, 9.17) is 39.9 Å². The number of hydrogen-bond acceptors (Lipinski definition) is 14. The van der Waals surface area contributed by atoms with Gasteiger partial charge in [0.05, 0.1) is 30.4 Å². The van der Waals surface area contributed by atoms with Crippen molar-refractivity contribution in [3.63, 3.8) is 0 Å². The number of aliphatic hydroxyl groups is 2. The van der Waals surface area contributed by atoms with Crippen molar-refractivity contribution >= 4 is 23.7 Å². The highest BCUT2D eigenvalue weighted by Gasteiger charge is 2.55. The molecule has 0 saturated carbocycles. The van der Waals surface area contributed by atoms with Crippen LogP contribution in [0.2, 0.25) is 0 Å². The molecule has 3 fully saturated rings. The SMILES string of the molecule is CCCO[C@@H]1O[C@H](C)[C@H](N)[C@H](O[C@@H]2O[C@@H](C(=O)O)[C@H](O[C@@H]3O[C@H](C)[C@H](N)[C@H](O)[C@H]3NC(C)=O)[C@H](O)[C@H]2NC(C)=O)[C@H]1NC(C)=O. The largest absolute Gasteiger partial charge is 0.479 e. The lowest BCUT2D eigenvalue weighted by atomic mass is 9.92. The van der Waals surface area contributed by atoms with Crippen LogP contribution in [0.1, 0.15) is 48.0 Å². The van der Waals surface area contributed by atoms with Crippen LogP contribution in [0.3, 0.4) is 0 Å². The first-order chi connectivity index (χ1) is 21.1. The molecule has 0 aromatic rings. The molecule has 18 nitrogen and oxygen atoms in total. The second-order valence-electron chi connectivity index (χ2n) is 11.6. The maximum atomic E-state index is 12.5. The minimum atomic E-state index is -1.92. The van der Waals surface area contributed by atoms with E-state index >= 15 is 0 Å². The lowest BCUT2D eigenvalue weighted by Gasteiger charge is -2.50. The van der Waals surface area contributed by atoms with Crippen LogP contribution >= 0.6 is 0 Å². The number of aliphatic hydroxyl groups excluding tert-OH is 2. The molecule has 0 unspecified atom stereocenters. The summed E-state index contributed by atoms with van der Waals surface area (Å²) >= 11 is 0. The predicted octanol–water partition coefficient (Wildman–Crippen LogP) is -3.63. The van der Waals surface area contributed by atoms with E-state index in [0.717, 1.165) is 6.92 Å². The molecule has 3 rings (SSSR count). The number of carbonyl (C=O) groups excluding carboxylic acids is 3. The van der Waals surface area contributed by atoms with Crippen LogP contribution in [0.15, 0.2) is 0 Å². The first-order valence-corrected chi connectivity index (χ1v) is 14.9. The van der Waals surface area contributed by atoms with Crippen LogP contribution in [0.4, 0.5) is 0 Å². The summed E-state index contributed by atoms with van der Waals surface area (Å²) in [7, 11) is 0. The monoisotopic (exact) mass is 649 g/mol. The predicted molar refractivity (Wildman–Crippen MR) is 152 cm³/mol. The van der Waals surface area contributed by atoms with Gasteiger partial charge in [-0.25, -0.2) is 4.79 Å². The zero-order valence-electron chi connectivity index (χ0n) is 26.2. The standard InChI is InChI=1S/C27H47N5O13/c1-7-8-40-25-18(32-13(6)35)21(15(29)10(3)41-25)43-27-17(31-12(5)34)20(37)22(23(45-27)24(38)39)44-26-16(30-11(4)33)19(36)14(28)9(2)42-26/h9-10,14-23,25-27,36-37H,7-8,28-29H2,1-6H3,(H,30,33)(H,31,34)(H,32,35)(H,38,39)/t9-,10-,14+,15+,16-,17-,18-,19+,20-,21+,22-,23-,25-,26+,27-/m1/s1. The van der Waals surface area contributed by atoms with Crippen LogP contribution in [0.5, 0.6) is 0 Å². The fraction of sp³-hybridized carbons (Fsp3) is 0.852. The Hall–Kier alpha value is -2.52. The number of rotatable bonds is 11. The van der Waals surface area contributed by atoms with E-state index in [1.807, 2.05) is 6.92 Å². The number of ether oxygens (including phenoxy) is 6. The molecule has 3 aliphatic heterocycles. The van der Waals surface area contributed by atoms with Crippen molar-refractivity contribution in [2.75, 3.05) is 6.61 Å². The van der Waals surface area contributed by atoms with Gasteiger partial charge in [-0.3, -0.25) is 14.4 Å². The van der Waals surface area contributed by atoms with Crippen LogP contribution in [-0.4, -0.2) is 137 Å².